The highest BCUT2D eigenvalue weighted by Gasteiger charge is 2.16. The van der Waals surface area contributed by atoms with Crippen LogP contribution in [-0.4, -0.2) is 39.3 Å². The second-order valence-corrected chi connectivity index (χ2v) is 5.80. The van der Waals surface area contributed by atoms with E-state index >= 15 is 0 Å². The summed E-state index contributed by atoms with van der Waals surface area (Å²) in [6, 6.07) is 3.80. The molecule has 0 saturated carbocycles. The van der Waals surface area contributed by atoms with Gasteiger partial charge in [0.2, 0.25) is 0 Å². The maximum Gasteiger partial charge on any atom is 0.175 e. The predicted octanol–water partition coefficient (Wildman–Crippen LogP) is 3.49. The molecule has 0 aliphatic carbocycles. The van der Waals surface area contributed by atoms with Gasteiger partial charge in [-0.25, -0.2) is 4.68 Å². The maximum atomic E-state index is 6.28. The Bertz CT molecular complexity index is 611. The van der Waals surface area contributed by atoms with Crippen LogP contribution in [0.4, 0.5) is 5.69 Å². The first kappa shape index (κ1) is 15.9. The van der Waals surface area contributed by atoms with Crippen LogP contribution in [0.15, 0.2) is 35.7 Å². The number of aromatic nitrogens is 3. The van der Waals surface area contributed by atoms with E-state index in [4.69, 9.17) is 11.6 Å². The molecule has 0 amide bonds. The minimum atomic E-state index is 0.446. The molecule has 0 fully saturated rings. The molecule has 0 spiro atoms. The number of amidine groups is 1. The van der Waals surface area contributed by atoms with Crippen LogP contribution in [0.1, 0.15) is 13.8 Å². The highest BCUT2D eigenvalue weighted by Crippen LogP contribution is 2.27. The summed E-state index contributed by atoms with van der Waals surface area (Å²) in [5, 5.41) is 5.72. The molecule has 112 valence electrons. The predicted molar refractivity (Wildman–Crippen MR) is 90.9 cm³/mol. The zero-order valence-corrected chi connectivity index (χ0v) is 13.9. The molecule has 21 heavy (non-hydrogen) atoms. The van der Waals surface area contributed by atoms with Crippen LogP contribution in [0.5, 0.6) is 0 Å². The normalized spacial score (nSPS) is 11.7. The maximum absolute atomic E-state index is 6.28. The number of rotatable bonds is 4. The molecule has 5 nitrogen and oxygen atoms in total. The Morgan fingerprint density at radius 3 is 2.90 bits per heavy atom. The van der Waals surface area contributed by atoms with E-state index in [1.807, 2.05) is 37.2 Å². The van der Waals surface area contributed by atoms with Crippen molar-refractivity contribution in [3.8, 4) is 5.69 Å². The topological polar surface area (TPSA) is 46.3 Å². The molecule has 0 unspecified atom stereocenters. The number of nitrogens with zero attached hydrogens (tertiary/aromatic N) is 5. The van der Waals surface area contributed by atoms with Crippen LogP contribution in [0.2, 0.25) is 5.15 Å². The summed E-state index contributed by atoms with van der Waals surface area (Å²) in [6.45, 7) is 4.86. The summed E-state index contributed by atoms with van der Waals surface area (Å²) in [4.78, 5) is 10.6. The van der Waals surface area contributed by atoms with Crippen LogP contribution >= 0.6 is 23.4 Å². The van der Waals surface area contributed by atoms with Gasteiger partial charge in [-0.05, 0) is 24.8 Å². The molecular weight excluding hydrogens is 306 g/mol. The van der Waals surface area contributed by atoms with Gasteiger partial charge < -0.3 is 4.90 Å². The molecule has 0 radical (unpaired) electrons. The summed E-state index contributed by atoms with van der Waals surface area (Å²) in [5.41, 5.74) is 1.70. The van der Waals surface area contributed by atoms with E-state index < -0.39 is 0 Å². The zero-order valence-electron chi connectivity index (χ0n) is 12.3. The summed E-state index contributed by atoms with van der Waals surface area (Å²) in [5.74, 6) is 0.956. The molecule has 2 aromatic heterocycles. The van der Waals surface area contributed by atoms with Crippen LogP contribution in [0.3, 0.4) is 0 Å². The first-order chi connectivity index (χ1) is 10.2. The lowest BCUT2D eigenvalue weighted by Crippen LogP contribution is -2.24. The van der Waals surface area contributed by atoms with E-state index in [1.165, 1.54) is 0 Å². The zero-order chi connectivity index (χ0) is 15.2. The largest absolute Gasteiger partial charge is 0.320 e. The Hall–Kier alpha value is -1.53. The standard InChI is InChI=1S/C14H18ClN5S/c1-4-17-14(21-5-2)19(3)12-10-20(18-13(12)15)11-7-6-8-16-9-11/h6-10H,4-5H2,1-3H3/b17-14-. The van der Waals surface area contributed by atoms with Gasteiger partial charge in [0.1, 0.15) is 5.69 Å². The molecule has 2 aromatic rings. The third kappa shape index (κ3) is 3.77. The Morgan fingerprint density at radius 1 is 1.48 bits per heavy atom. The molecule has 0 aliphatic rings. The van der Waals surface area contributed by atoms with Crippen LogP contribution in [0.25, 0.3) is 5.69 Å². The van der Waals surface area contributed by atoms with E-state index in [1.54, 1.807) is 28.8 Å². The smallest absolute Gasteiger partial charge is 0.175 e. The summed E-state index contributed by atoms with van der Waals surface area (Å²) < 4.78 is 1.72. The van der Waals surface area contributed by atoms with Gasteiger partial charge in [0.15, 0.2) is 10.3 Å². The highest BCUT2D eigenvalue weighted by atomic mass is 35.5. The molecule has 0 N–H and O–H groups in total. The number of hydrogen-bond acceptors (Lipinski definition) is 4. The average Bonchev–Trinajstić information content (AvgIpc) is 2.89. The number of thioether (sulfide) groups is 1. The van der Waals surface area contributed by atoms with Crippen molar-refractivity contribution in [2.24, 2.45) is 4.99 Å². The number of halogens is 1. The van der Waals surface area contributed by atoms with Crippen molar-refractivity contribution in [3.63, 3.8) is 0 Å². The van der Waals surface area contributed by atoms with Gasteiger partial charge in [0, 0.05) is 19.8 Å². The molecule has 2 heterocycles. The van der Waals surface area contributed by atoms with E-state index in [0.29, 0.717) is 5.15 Å². The Balaban J connectivity index is 2.32. The van der Waals surface area contributed by atoms with Crippen molar-refractivity contribution in [1.82, 2.24) is 14.8 Å². The van der Waals surface area contributed by atoms with Gasteiger partial charge in [0.05, 0.1) is 18.1 Å². The summed E-state index contributed by atoms with van der Waals surface area (Å²) in [7, 11) is 1.95. The minimum Gasteiger partial charge on any atom is -0.320 e. The second-order valence-electron chi connectivity index (χ2n) is 4.21. The molecule has 0 aliphatic heterocycles. The third-order valence-corrected chi connectivity index (χ3v) is 4.00. The van der Waals surface area contributed by atoms with Crippen molar-refractivity contribution in [2.75, 3.05) is 24.2 Å². The van der Waals surface area contributed by atoms with Gasteiger partial charge in [-0.2, -0.15) is 5.10 Å². The van der Waals surface area contributed by atoms with Crippen LogP contribution < -0.4 is 4.90 Å². The lowest BCUT2D eigenvalue weighted by atomic mass is 10.4. The first-order valence-corrected chi connectivity index (χ1v) is 8.10. The van der Waals surface area contributed by atoms with Gasteiger partial charge in [0.25, 0.3) is 0 Å². The minimum absolute atomic E-state index is 0.446. The fraction of sp³-hybridized carbons (Fsp3) is 0.357. The monoisotopic (exact) mass is 323 g/mol. The van der Waals surface area contributed by atoms with E-state index in [-0.39, 0.29) is 0 Å². The molecular formula is C14H18ClN5S. The molecule has 0 bridgehead atoms. The molecule has 0 saturated heterocycles. The Kier molecular flexibility index (Phi) is 5.64. The number of hydrogen-bond donors (Lipinski definition) is 0. The van der Waals surface area contributed by atoms with Gasteiger partial charge in [-0.1, -0.05) is 30.3 Å². The molecule has 0 aromatic carbocycles. The third-order valence-electron chi connectivity index (χ3n) is 2.78. The average molecular weight is 324 g/mol. The van der Waals surface area contributed by atoms with Crippen molar-refractivity contribution in [1.29, 1.82) is 0 Å². The fourth-order valence-corrected chi connectivity index (χ4v) is 2.83. The first-order valence-electron chi connectivity index (χ1n) is 6.73. The van der Waals surface area contributed by atoms with Crippen molar-refractivity contribution in [3.05, 3.63) is 35.9 Å². The Labute approximate surface area is 134 Å². The van der Waals surface area contributed by atoms with Crippen molar-refractivity contribution < 1.29 is 0 Å². The molecule has 2 rings (SSSR count). The van der Waals surface area contributed by atoms with Crippen LogP contribution in [0, 0.1) is 0 Å². The van der Waals surface area contributed by atoms with Gasteiger partial charge >= 0.3 is 0 Å². The van der Waals surface area contributed by atoms with Gasteiger partial charge in [-0.3, -0.25) is 9.98 Å². The molecule has 7 heteroatoms. The summed E-state index contributed by atoms with van der Waals surface area (Å²) >= 11 is 7.96. The number of aliphatic imine (C=N–C) groups is 1. The lowest BCUT2D eigenvalue weighted by Gasteiger charge is -2.18. The van der Waals surface area contributed by atoms with E-state index in [2.05, 4.69) is 22.0 Å². The van der Waals surface area contributed by atoms with Crippen LogP contribution in [-0.2, 0) is 0 Å². The summed E-state index contributed by atoms with van der Waals surface area (Å²) in [6.07, 6.45) is 5.36. The fourth-order valence-electron chi connectivity index (χ4n) is 1.81. The van der Waals surface area contributed by atoms with Gasteiger partial charge in [-0.15, -0.1) is 0 Å². The second kappa shape index (κ2) is 7.47. The SMILES string of the molecule is CC/N=C(\SCC)N(C)c1cn(-c2cccnc2)nc1Cl. The number of anilines is 1. The Morgan fingerprint density at radius 2 is 2.29 bits per heavy atom. The molecule has 0 atom stereocenters. The van der Waals surface area contributed by atoms with E-state index in [9.17, 15) is 0 Å². The quantitative estimate of drug-likeness (QED) is 0.638. The highest BCUT2D eigenvalue weighted by molar-refractivity contribution is 8.14. The van der Waals surface area contributed by atoms with Crippen molar-refractivity contribution in [2.45, 2.75) is 13.8 Å². The lowest BCUT2D eigenvalue weighted by molar-refractivity contribution is 0.874. The van der Waals surface area contributed by atoms with E-state index in [0.717, 1.165) is 28.8 Å². The number of pyridine rings is 1. The van der Waals surface area contributed by atoms with Crippen molar-refractivity contribution >= 4 is 34.2 Å².